The molecule has 0 radical (unpaired) electrons. The van der Waals surface area contributed by atoms with Gasteiger partial charge in [-0.15, -0.1) is 6.61 Å². The maximum Gasteiger partial charge on any atom is 1.00 e. The van der Waals surface area contributed by atoms with E-state index in [1.807, 2.05) is 0 Å². The van der Waals surface area contributed by atoms with Crippen molar-refractivity contribution in [2.75, 3.05) is 19.8 Å². The third kappa shape index (κ3) is 15.3. The van der Waals surface area contributed by atoms with Gasteiger partial charge in [-0.25, -0.2) is 0 Å². The van der Waals surface area contributed by atoms with Crippen molar-refractivity contribution in [3.05, 3.63) is 29.8 Å². The molecule has 0 aliphatic carbocycles. The van der Waals surface area contributed by atoms with Crippen LogP contribution in [0.2, 0.25) is 0 Å². The van der Waals surface area contributed by atoms with Gasteiger partial charge in [0.15, 0.2) is 0 Å². The van der Waals surface area contributed by atoms with Crippen molar-refractivity contribution in [2.45, 2.75) is 75.5 Å². The molecule has 0 aromatic heterocycles. The Balaban J connectivity index is 0.00000784. The number of hydrogen-bond donors (Lipinski definition) is 0. The van der Waals surface area contributed by atoms with Crippen molar-refractivity contribution in [3.8, 4) is 0 Å². The average molecular weight is 471 g/mol. The summed E-state index contributed by atoms with van der Waals surface area (Å²) in [5, 5.41) is 10.2. The van der Waals surface area contributed by atoms with Crippen molar-refractivity contribution in [1.82, 2.24) is 0 Å². The van der Waals surface area contributed by atoms with Crippen LogP contribution in [0.3, 0.4) is 0 Å². The molecule has 0 bridgehead atoms. The molecule has 0 heterocycles. The largest absolute Gasteiger partial charge is 1.00 e. The standard InChI is InChI=1S/C20H32F5O2S.K/c21-28(22,23,24,25)20-14-12-19(13-15-20)11-9-7-5-3-1-2-4-6-8-10-17-27-18-16-26;/h12-15H,1-11,16-18H2;/q-1;+1. The van der Waals surface area contributed by atoms with Crippen molar-refractivity contribution >= 4 is 10.2 Å². The Hall–Kier alpha value is 0.776. The molecule has 2 nitrogen and oxygen atoms in total. The molecular weight excluding hydrogens is 438 g/mol. The molecule has 9 heteroatoms. The topological polar surface area (TPSA) is 32.3 Å². The second kappa shape index (κ2) is 13.4. The first kappa shape index (κ1) is 29.8. The first-order valence-corrected chi connectivity index (χ1v) is 12.0. The summed E-state index contributed by atoms with van der Waals surface area (Å²) in [7, 11) is -9.55. The van der Waals surface area contributed by atoms with Gasteiger partial charge in [0, 0.05) is 13.2 Å². The Bertz CT molecular complexity index is 552. The van der Waals surface area contributed by atoms with Gasteiger partial charge >= 0.3 is 61.6 Å². The predicted octanol–water partition coefficient (Wildman–Crippen LogP) is 4.17. The van der Waals surface area contributed by atoms with Crippen LogP contribution in [-0.4, -0.2) is 19.8 Å². The molecule has 1 rings (SSSR count). The van der Waals surface area contributed by atoms with Crippen LogP contribution in [-0.2, 0) is 11.2 Å². The molecule has 0 aliphatic heterocycles. The SMILES string of the molecule is [K+].[O-]CCOCCCCCCCCCCCCc1ccc(S(F)(F)(F)(F)F)cc1. The molecule has 1 aromatic rings. The average Bonchev–Trinajstić information content (AvgIpc) is 2.60. The molecule has 0 aliphatic rings. The van der Waals surface area contributed by atoms with E-state index in [2.05, 4.69) is 0 Å². The molecule has 0 saturated heterocycles. The summed E-state index contributed by atoms with van der Waals surface area (Å²) >= 11 is 0. The number of ether oxygens (including phenoxy) is 1. The third-order valence-corrected chi connectivity index (χ3v) is 5.76. The molecule has 1 aromatic carbocycles. The minimum atomic E-state index is -9.55. The van der Waals surface area contributed by atoms with Gasteiger partial charge in [-0.1, -0.05) is 82.9 Å². The molecule has 0 unspecified atom stereocenters. The van der Waals surface area contributed by atoms with Crippen molar-refractivity contribution < 1.29 is 80.7 Å². The van der Waals surface area contributed by atoms with Gasteiger partial charge in [0.1, 0.15) is 4.90 Å². The van der Waals surface area contributed by atoms with Crippen molar-refractivity contribution in [1.29, 1.82) is 0 Å². The summed E-state index contributed by atoms with van der Waals surface area (Å²) in [6.07, 6.45) is 11.5. The van der Waals surface area contributed by atoms with E-state index in [0.29, 0.717) is 37.3 Å². The van der Waals surface area contributed by atoms with Gasteiger partial charge in [0.05, 0.1) is 0 Å². The summed E-state index contributed by atoms with van der Waals surface area (Å²) < 4.78 is 68.4. The van der Waals surface area contributed by atoms with Gasteiger partial charge in [0.25, 0.3) is 0 Å². The summed E-state index contributed by atoms with van der Waals surface area (Å²) in [5.41, 5.74) is 0.657. The van der Waals surface area contributed by atoms with E-state index >= 15 is 0 Å². The summed E-state index contributed by atoms with van der Waals surface area (Å²) in [5.74, 6) is 0. The molecule has 0 spiro atoms. The zero-order valence-corrected chi connectivity index (χ0v) is 21.3. The van der Waals surface area contributed by atoms with E-state index in [0.717, 1.165) is 50.7 Å². The smallest absolute Gasteiger partial charge is 0.853 e. The van der Waals surface area contributed by atoms with E-state index < -0.39 is 15.1 Å². The molecular formula is C20H32F5KO2S. The van der Waals surface area contributed by atoms with Gasteiger partial charge in [-0.3, -0.25) is 0 Å². The number of halogens is 5. The number of aryl methyl sites for hydroxylation is 1. The van der Waals surface area contributed by atoms with E-state index in [-0.39, 0.29) is 58.0 Å². The van der Waals surface area contributed by atoms with Gasteiger partial charge in [-0.2, -0.15) is 0 Å². The van der Waals surface area contributed by atoms with Crippen LogP contribution in [0.25, 0.3) is 0 Å². The minimum absolute atomic E-state index is 0. The van der Waals surface area contributed by atoms with Gasteiger partial charge in [-0.05, 0) is 37.0 Å². The Morgan fingerprint density at radius 3 is 1.55 bits per heavy atom. The van der Waals surface area contributed by atoms with E-state index in [4.69, 9.17) is 4.74 Å². The Labute approximate surface area is 214 Å². The fourth-order valence-corrected chi connectivity index (χ4v) is 3.67. The maximum absolute atomic E-state index is 12.6. The van der Waals surface area contributed by atoms with Crippen LogP contribution in [0, 0.1) is 0 Å². The summed E-state index contributed by atoms with van der Waals surface area (Å²) in [4.78, 5) is -1.82. The normalized spacial score (nSPS) is 14.1. The van der Waals surface area contributed by atoms with E-state index in [1.54, 1.807) is 0 Å². The molecule has 0 N–H and O–H groups in total. The molecule has 166 valence electrons. The van der Waals surface area contributed by atoms with Crippen molar-refractivity contribution in [3.63, 3.8) is 0 Å². The van der Waals surface area contributed by atoms with Crippen LogP contribution in [0.1, 0.15) is 69.8 Å². The molecule has 0 atom stereocenters. The van der Waals surface area contributed by atoms with Gasteiger partial charge in [0.2, 0.25) is 0 Å². The fraction of sp³-hybridized carbons (Fsp3) is 0.700. The van der Waals surface area contributed by atoms with Crippen molar-refractivity contribution in [2.24, 2.45) is 0 Å². The second-order valence-corrected chi connectivity index (χ2v) is 9.62. The maximum atomic E-state index is 12.6. The molecule has 0 amide bonds. The predicted molar refractivity (Wildman–Crippen MR) is 103 cm³/mol. The monoisotopic (exact) mass is 470 g/mol. The Kier molecular flexibility index (Phi) is 13.7. The van der Waals surface area contributed by atoms with E-state index in [9.17, 15) is 24.5 Å². The Morgan fingerprint density at radius 2 is 1.10 bits per heavy atom. The zero-order valence-electron chi connectivity index (χ0n) is 17.3. The second-order valence-electron chi connectivity index (χ2n) is 7.21. The van der Waals surface area contributed by atoms with Crippen LogP contribution >= 0.6 is 10.2 Å². The minimum Gasteiger partial charge on any atom is -0.853 e. The zero-order chi connectivity index (χ0) is 21.0. The number of unbranched alkanes of at least 4 members (excludes halogenated alkanes) is 9. The number of rotatable bonds is 16. The van der Waals surface area contributed by atoms with Crippen LogP contribution in [0.5, 0.6) is 0 Å². The quantitative estimate of drug-likeness (QED) is 0.206. The number of benzene rings is 1. The van der Waals surface area contributed by atoms with Crippen LogP contribution < -0.4 is 56.5 Å². The van der Waals surface area contributed by atoms with Crippen LogP contribution in [0.15, 0.2) is 29.2 Å². The molecule has 0 fully saturated rings. The van der Waals surface area contributed by atoms with Gasteiger partial charge < -0.3 is 9.84 Å². The first-order chi connectivity index (χ1) is 13.0. The summed E-state index contributed by atoms with van der Waals surface area (Å²) in [6.45, 7) is 0.797. The Morgan fingerprint density at radius 1 is 0.655 bits per heavy atom. The summed E-state index contributed by atoms with van der Waals surface area (Å²) in [6, 6.07) is 3.29. The number of hydrogen-bond acceptors (Lipinski definition) is 2. The van der Waals surface area contributed by atoms with E-state index in [1.165, 1.54) is 25.7 Å². The first-order valence-electron chi connectivity index (χ1n) is 10.0. The fourth-order valence-electron chi connectivity index (χ4n) is 3.02. The molecule has 29 heavy (non-hydrogen) atoms. The molecule has 0 saturated carbocycles. The van der Waals surface area contributed by atoms with Crippen LogP contribution in [0.4, 0.5) is 19.4 Å². The third-order valence-electron chi connectivity index (χ3n) is 4.60.